The molecule has 1 fully saturated rings. The van der Waals surface area contributed by atoms with Crippen molar-refractivity contribution < 1.29 is 9.13 Å². The minimum absolute atomic E-state index is 0.199. The fourth-order valence-corrected chi connectivity index (χ4v) is 2.02. The number of rotatable bonds is 5. The summed E-state index contributed by atoms with van der Waals surface area (Å²) >= 11 is 4.78. The zero-order valence-corrected chi connectivity index (χ0v) is 10.4. The van der Waals surface area contributed by atoms with Gasteiger partial charge in [-0.15, -0.1) is 0 Å². The summed E-state index contributed by atoms with van der Waals surface area (Å²) in [6.07, 6.45) is 4.90. The second kappa shape index (κ2) is 5.45. The summed E-state index contributed by atoms with van der Waals surface area (Å²) in [5, 5.41) is 0. The zero-order chi connectivity index (χ0) is 12.3. The highest BCUT2D eigenvalue weighted by atomic mass is 32.1. The van der Waals surface area contributed by atoms with E-state index in [0.717, 1.165) is 12.3 Å². The second-order valence-corrected chi connectivity index (χ2v) is 4.88. The molecule has 0 aliphatic heterocycles. The molecular formula is C13H16FNOS. The first-order chi connectivity index (χ1) is 8.16. The Labute approximate surface area is 106 Å². The third kappa shape index (κ3) is 3.16. The summed E-state index contributed by atoms with van der Waals surface area (Å²) in [5.74, 6) is 0.655. The Morgan fingerprint density at radius 1 is 1.47 bits per heavy atom. The van der Waals surface area contributed by atoms with Crippen molar-refractivity contribution in [3.8, 4) is 5.75 Å². The summed E-state index contributed by atoms with van der Waals surface area (Å²) < 4.78 is 19.0. The maximum Gasteiger partial charge on any atom is 0.165 e. The van der Waals surface area contributed by atoms with Crippen LogP contribution in [0.1, 0.15) is 31.2 Å². The van der Waals surface area contributed by atoms with Crippen molar-refractivity contribution >= 4 is 17.2 Å². The smallest absolute Gasteiger partial charge is 0.165 e. The molecule has 0 heterocycles. The minimum atomic E-state index is -0.399. The Bertz CT molecular complexity index is 418. The quantitative estimate of drug-likeness (QED) is 0.819. The summed E-state index contributed by atoms with van der Waals surface area (Å²) in [5.41, 5.74) is 5.95. The summed E-state index contributed by atoms with van der Waals surface area (Å²) in [6, 6.07) is 4.59. The third-order valence-corrected chi connectivity index (χ3v) is 3.46. The van der Waals surface area contributed by atoms with Crippen molar-refractivity contribution in [2.75, 3.05) is 6.61 Å². The summed E-state index contributed by atoms with van der Waals surface area (Å²) in [6.45, 7) is 0.577. The molecule has 1 aromatic carbocycles. The predicted molar refractivity (Wildman–Crippen MR) is 69.7 cm³/mol. The average molecular weight is 253 g/mol. The van der Waals surface area contributed by atoms with Crippen LogP contribution in [-0.4, -0.2) is 11.6 Å². The standard InChI is InChI=1S/C13H16FNOS/c14-11-8-10(13(15)17)4-5-12(11)16-7-6-9-2-1-3-9/h4-5,8-9H,1-3,6-7H2,(H2,15,17). The minimum Gasteiger partial charge on any atom is -0.491 e. The first-order valence-electron chi connectivity index (χ1n) is 5.89. The van der Waals surface area contributed by atoms with Crippen LogP contribution in [0.4, 0.5) is 4.39 Å². The Morgan fingerprint density at radius 3 is 2.76 bits per heavy atom. The molecule has 0 saturated heterocycles. The number of benzene rings is 1. The lowest BCUT2D eigenvalue weighted by Crippen LogP contribution is -2.15. The molecule has 1 aromatic rings. The lowest BCUT2D eigenvalue weighted by Gasteiger charge is -2.25. The largest absolute Gasteiger partial charge is 0.491 e. The molecule has 4 heteroatoms. The van der Waals surface area contributed by atoms with Crippen molar-refractivity contribution in [3.05, 3.63) is 29.6 Å². The van der Waals surface area contributed by atoms with E-state index in [9.17, 15) is 4.39 Å². The van der Waals surface area contributed by atoms with E-state index < -0.39 is 5.82 Å². The van der Waals surface area contributed by atoms with Gasteiger partial charge in [0.1, 0.15) is 4.99 Å². The number of nitrogens with two attached hydrogens (primary N) is 1. The number of halogens is 1. The van der Waals surface area contributed by atoms with Gasteiger partial charge in [0.2, 0.25) is 0 Å². The van der Waals surface area contributed by atoms with Gasteiger partial charge < -0.3 is 10.5 Å². The highest BCUT2D eigenvalue weighted by molar-refractivity contribution is 7.80. The van der Waals surface area contributed by atoms with E-state index in [4.69, 9.17) is 22.7 Å². The van der Waals surface area contributed by atoms with E-state index in [1.165, 1.54) is 25.3 Å². The van der Waals surface area contributed by atoms with Crippen molar-refractivity contribution in [2.24, 2.45) is 11.7 Å². The second-order valence-electron chi connectivity index (χ2n) is 4.44. The van der Waals surface area contributed by atoms with Crippen molar-refractivity contribution in [1.29, 1.82) is 0 Å². The number of hydrogen-bond acceptors (Lipinski definition) is 2. The van der Waals surface area contributed by atoms with Crippen LogP contribution in [0.2, 0.25) is 0 Å². The Hall–Kier alpha value is -1.16. The molecule has 0 unspecified atom stereocenters. The van der Waals surface area contributed by atoms with E-state index in [-0.39, 0.29) is 10.7 Å². The average Bonchev–Trinajstić information content (AvgIpc) is 2.23. The molecule has 2 nitrogen and oxygen atoms in total. The van der Waals surface area contributed by atoms with Gasteiger partial charge in [0.15, 0.2) is 11.6 Å². The highest BCUT2D eigenvalue weighted by Crippen LogP contribution is 2.29. The monoisotopic (exact) mass is 253 g/mol. The predicted octanol–water partition coefficient (Wildman–Crippen LogP) is 3.03. The maximum atomic E-state index is 13.6. The van der Waals surface area contributed by atoms with Gasteiger partial charge in [0, 0.05) is 5.56 Å². The molecule has 2 rings (SSSR count). The van der Waals surface area contributed by atoms with Gasteiger partial charge in [-0.3, -0.25) is 0 Å². The highest BCUT2D eigenvalue weighted by Gasteiger charge is 2.17. The van der Waals surface area contributed by atoms with Crippen LogP contribution in [0.25, 0.3) is 0 Å². The molecule has 17 heavy (non-hydrogen) atoms. The Kier molecular flexibility index (Phi) is 3.94. The van der Waals surface area contributed by atoms with E-state index in [2.05, 4.69) is 0 Å². The molecule has 2 N–H and O–H groups in total. The summed E-state index contributed by atoms with van der Waals surface area (Å²) in [4.78, 5) is 0.199. The fraction of sp³-hybridized carbons (Fsp3) is 0.462. The van der Waals surface area contributed by atoms with Crippen LogP contribution in [0, 0.1) is 11.7 Å². The maximum absolute atomic E-state index is 13.6. The molecule has 1 aliphatic rings. The van der Waals surface area contributed by atoms with E-state index >= 15 is 0 Å². The number of ether oxygens (including phenoxy) is 1. The lowest BCUT2D eigenvalue weighted by molar-refractivity contribution is 0.217. The van der Waals surface area contributed by atoms with Crippen LogP contribution in [0.3, 0.4) is 0 Å². The van der Waals surface area contributed by atoms with Crippen LogP contribution >= 0.6 is 12.2 Å². The molecule has 0 aromatic heterocycles. The Balaban J connectivity index is 1.89. The van der Waals surface area contributed by atoms with Crippen molar-refractivity contribution in [2.45, 2.75) is 25.7 Å². The molecule has 92 valence electrons. The zero-order valence-electron chi connectivity index (χ0n) is 9.62. The van der Waals surface area contributed by atoms with Gasteiger partial charge in [-0.1, -0.05) is 31.5 Å². The molecule has 1 saturated carbocycles. The lowest BCUT2D eigenvalue weighted by atomic mass is 9.83. The molecule has 0 radical (unpaired) electrons. The van der Waals surface area contributed by atoms with Gasteiger partial charge in [-0.2, -0.15) is 0 Å². The van der Waals surface area contributed by atoms with Crippen LogP contribution in [-0.2, 0) is 0 Å². The van der Waals surface area contributed by atoms with Gasteiger partial charge in [-0.05, 0) is 30.5 Å². The van der Waals surface area contributed by atoms with Crippen molar-refractivity contribution in [1.82, 2.24) is 0 Å². The van der Waals surface area contributed by atoms with Gasteiger partial charge in [0.05, 0.1) is 6.61 Å². The molecular weight excluding hydrogens is 237 g/mol. The molecule has 0 spiro atoms. The third-order valence-electron chi connectivity index (χ3n) is 3.22. The van der Waals surface area contributed by atoms with Gasteiger partial charge in [0.25, 0.3) is 0 Å². The molecule has 0 amide bonds. The van der Waals surface area contributed by atoms with E-state index in [0.29, 0.717) is 12.2 Å². The molecule has 0 atom stereocenters. The number of hydrogen-bond donors (Lipinski definition) is 1. The first-order valence-corrected chi connectivity index (χ1v) is 6.30. The van der Waals surface area contributed by atoms with Gasteiger partial charge >= 0.3 is 0 Å². The normalized spacial score (nSPS) is 15.4. The van der Waals surface area contributed by atoms with Crippen LogP contribution < -0.4 is 10.5 Å². The fourth-order valence-electron chi connectivity index (χ4n) is 1.89. The Morgan fingerprint density at radius 2 is 2.24 bits per heavy atom. The molecule has 1 aliphatic carbocycles. The summed E-state index contributed by atoms with van der Waals surface area (Å²) in [7, 11) is 0. The van der Waals surface area contributed by atoms with E-state index in [1.807, 2.05) is 0 Å². The number of thiocarbonyl (C=S) groups is 1. The van der Waals surface area contributed by atoms with Crippen LogP contribution in [0.5, 0.6) is 5.75 Å². The van der Waals surface area contributed by atoms with Crippen molar-refractivity contribution in [3.63, 3.8) is 0 Å². The van der Waals surface area contributed by atoms with Gasteiger partial charge in [-0.25, -0.2) is 4.39 Å². The molecule has 0 bridgehead atoms. The van der Waals surface area contributed by atoms with Crippen LogP contribution in [0.15, 0.2) is 18.2 Å². The first kappa shape index (κ1) is 12.3. The topological polar surface area (TPSA) is 35.2 Å². The van der Waals surface area contributed by atoms with E-state index in [1.54, 1.807) is 12.1 Å². The SMILES string of the molecule is NC(=S)c1ccc(OCCC2CCC2)c(F)c1.